The Morgan fingerprint density at radius 2 is 1.60 bits per heavy atom. The number of aromatic amines is 2. The molecule has 2 aromatic heterocycles. The van der Waals surface area contributed by atoms with Crippen LogP contribution in [0.4, 0.5) is 0 Å². The lowest BCUT2D eigenvalue weighted by Gasteiger charge is -2.36. The second kappa shape index (κ2) is 6.22. The average Bonchev–Trinajstić information content (AvgIpc) is 3.23. The van der Waals surface area contributed by atoms with E-state index in [4.69, 9.17) is 4.43 Å². The molecule has 0 unspecified atom stereocenters. The average molecular weight is 415 g/mol. The summed E-state index contributed by atoms with van der Waals surface area (Å²) in [6.45, 7) is 11.2. The first-order chi connectivity index (χ1) is 14.2. The maximum atomic E-state index is 12.2. The van der Waals surface area contributed by atoms with E-state index in [-0.39, 0.29) is 5.04 Å². The van der Waals surface area contributed by atoms with Gasteiger partial charge in [0.05, 0.1) is 5.52 Å². The zero-order valence-electron chi connectivity index (χ0n) is 18.0. The molecule has 2 N–H and O–H groups in total. The third-order valence-electron chi connectivity index (χ3n) is 6.67. The lowest BCUT2D eigenvalue weighted by molar-refractivity contribution is 0.112. The van der Waals surface area contributed by atoms with Crippen LogP contribution in [0, 0.1) is 0 Å². The van der Waals surface area contributed by atoms with E-state index in [0.717, 1.165) is 55.6 Å². The van der Waals surface area contributed by atoms with Crippen LogP contribution in [-0.2, 0) is 0 Å². The molecule has 0 fully saturated rings. The number of para-hydroxylation sites is 1. The molecule has 0 bridgehead atoms. The maximum absolute atomic E-state index is 12.2. The van der Waals surface area contributed by atoms with Crippen molar-refractivity contribution in [3.05, 3.63) is 54.1 Å². The number of carbonyl (C=O) groups is 1. The third-order valence-corrected chi connectivity index (χ3v) is 11.0. The molecule has 0 radical (unpaired) electrons. The molecule has 0 spiro atoms. The molecule has 2 heterocycles. The van der Waals surface area contributed by atoms with E-state index in [1.54, 1.807) is 0 Å². The summed E-state index contributed by atoms with van der Waals surface area (Å²) in [5.41, 5.74) is 4.58. The van der Waals surface area contributed by atoms with E-state index in [1.807, 2.05) is 24.3 Å². The van der Waals surface area contributed by atoms with Crippen LogP contribution in [-0.4, -0.2) is 24.6 Å². The molecule has 4 nitrogen and oxygen atoms in total. The molecular weight excluding hydrogens is 388 g/mol. The fraction of sp³-hybridized carbons (Fsp3) is 0.240. The van der Waals surface area contributed by atoms with Gasteiger partial charge in [-0.2, -0.15) is 0 Å². The van der Waals surface area contributed by atoms with Gasteiger partial charge in [0.15, 0.2) is 6.29 Å². The van der Waals surface area contributed by atoms with Gasteiger partial charge >= 0.3 is 0 Å². The number of nitrogens with one attached hydrogen (secondary N) is 2. The predicted octanol–water partition coefficient (Wildman–Crippen LogP) is 7.15. The van der Waals surface area contributed by atoms with Crippen LogP contribution >= 0.6 is 0 Å². The summed E-state index contributed by atoms with van der Waals surface area (Å²) in [5.74, 6) is 0.864. The van der Waals surface area contributed by atoms with Crippen LogP contribution in [0.5, 0.6) is 5.75 Å². The maximum Gasteiger partial charge on any atom is 0.250 e. The fourth-order valence-electron chi connectivity index (χ4n) is 4.01. The minimum Gasteiger partial charge on any atom is -0.543 e. The highest BCUT2D eigenvalue weighted by Gasteiger charge is 2.39. The molecule has 5 aromatic rings. The second-order valence-corrected chi connectivity index (χ2v) is 14.3. The lowest BCUT2D eigenvalue weighted by Crippen LogP contribution is -2.43. The van der Waals surface area contributed by atoms with Crippen LogP contribution < -0.4 is 4.43 Å². The van der Waals surface area contributed by atoms with Gasteiger partial charge in [-0.05, 0) is 48.5 Å². The van der Waals surface area contributed by atoms with Crippen molar-refractivity contribution in [1.29, 1.82) is 0 Å². The third kappa shape index (κ3) is 2.69. The van der Waals surface area contributed by atoms with Crippen molar-refractivity contribution in [1.82, 2.24) is 9.97 Å². The number of hydrogen-bond acceptors (Lipinski definition) is 2. The highest BCUT2D eigenvalue weighted by molar-refractivity contribution is 6.74. The van der Waals surface area contributed by atoms with Gasteiger partial charge < -0.3 is 14.4 Å². The standard InChI is InChI=1S/C25H26N2O2Si/c1-25(2,3)30(4,5)29-15-10-11-21-18(12-15)23-19(14-28)24-17(13-22(23)26-21)16-8-6-7-9-20(16)27-24/h6-14,26-27H,1-5H3. The summed E-state index contributed by atoms with van der Waals surface area (Å²) < 4.78 is 6.53. The number of hydrogen-bond donors (Lipinski definition) is 2. The van der Waals surface area contributed by atoms with E-state index < -0.39 is 8.32 Å². The first-order valence-electron chi connectivity index (χ1n) is 10.3. The highest BCUT2D eigenvalue weighted by Crippen LogP contribution is 2.40. The molecule has 0 saturated heterocycles. The number of fused-ring (bicyclic) bond motifs is 6. The first kappa shape index (κ1) is 18.9. The van der Waals surface area contributed by atoms with Crippen molar-refractivity contribution < 1.29 is 9.22 Å². The predicted molar refractivity (Wildman–Crippen MR) is 128 cm³/mol. The Morgan fingerprint density at radius 1 is 0.867 bits per heavy atom. The first-order valence-corrected chi connectivity index (χ1v) is 13.2. The van der Waals surface area contributed by atoms with Crippen LogP contribution in [0.3, 0.4) is 0 Å². The molecule has 3 aromatic carbocycles. The van der Waals surface area contributed by atoms with E-state index in [2.05, 4.69) is 68.1 Å². The molecule has 5 heteroatoms. The Bertz CT molecular complexity index is 1450. The number of H-pyrrole nitrogens is 2. The van der Waals surface area contributed by atoms with Crippen molar-refractivity contribution >= 4 is 58.2 Å². The van der Waals surface area contributed by atoms with Gasteiger partial charge in [0.1, 0.15) is 5.75 Å². The summed E-state index contributed by atoms with van der Waals surface area (Å²) in [7, 11) is -1.95. The quantitative estimate of drug-likeness (QED) is 0.243. The van der Waals surface area contributed by atoms with Gasteiger partial charge in [0, 0.05) is 43.7 Å². The summed E-state index contributed by atoms with van der Waals surface area (Å²) in [4.78, 5) is 19.2. The van der Waals surface area contributed by atoms with Crippen LogP contribution in [0.2, 0.25) is 18.1 Å². The molecule has 0 aliphatic rings. The van der Waals surface area contributed by atoms with E-state index in [1.165, 1.54) is 0 Å². The van der Waals surface area contributed by atoms with E-state index >= 15 is 0 Å². The summed E-state index contributed by atoms with van der Waals surface area (Å²) in [5, 5.41) is 4.26. The van der Waals surface area contributed by atoms with Crippen molar-refractivity contribution in [2.24, 2.45) is 0 Å². The number of aldehydes is 1. The molecule has 30 heavy (non-hydrogen) atoms. The molecular formula is C25H26N2O2Si. The summed E-state index contributed by atoms with van der Waals surface area (Å²) >= 11 is 0. The monoisotopic (exact) mass is 414 g/mol. The zero-order valence-corrected chi connectivity index (χ0v) is 19.0. The smallest absolute Gasteiger partial charge is 0.250 e. The van der Waals surface area contributed by atoms with Crippen LogP contribution in [0.15, 0.2) is 48.5 Å². The molecule has 0 atom stereocenters. The molecule has 0 aliphatic carbocycles. The lowest BCUT2D eigenvalue weighted by atomic mass is 10.0. The second-order valence-electron chi connectivity index (χ2n) is 9.62. The Hall–Kier alpha value is -3.05. The molecule has 0 aliphatic heterocycles. The number of benzene rings is 3. The van der Waals surface area contributed by atoms with Gasteiger partial charge in [-0.1, -0.05) is 39.0 Å². The molecule has 0 amide bonds. The van der Waals surface area contributed by atoms with Crippen LogP contribution in [0.1, 0.15) is 31.1 Å². The topological polar surface area (TPSA) is 57.9 Å². The van der Waals surface area contributed by atoms with Crippen molar-refractivity contribution in [2.75, 3.05) is 0 Å². The van der Waals surface area contributed by atoms with Gasteiger partial charge in [-0.3, -0.25) is 4.79 Å². The number of aromatic nitrogens is 2. The Kier molecular flexibility index (Phi) is 3.93. The molecule has 152 valence electrons. The Morgan fingerprint density at radius 3 is 2.33 bits per heavy atom. The summed E-state index contributed by atoms with van der Waals surface area (Å²) in [6, 6.07) is 16.5. The van der Waals surface area contributed by atoms with Crippen molar-refractivity contribution in [3.8, 4) is 5.75 Å². The Labute approximate surface area is 176 Å². The molecule has 5 rings (SSSR count). The Balaban J connectivity index is 1.79. The SMILES string of the molecule is CC(C)(C)[Si](C)(C)Oc1ccc2[nH]c3cc4c([nH]c5ccccc54)c(C=O)c3c2c1. The number of rotatable bonds is 3. The van der Waals surface area contributed by atoms with E-state index in [9.17, 15) is 4.79 Å². The van der Waals surface area contributed by atoms with Gasteiger partial charge in [-0.25, -0.2) is 0 Å². The van der Waals surface area contributed by atoms with Gasteiger partial charge in [0.25, 0.3) is 0 Å². The summed E-state index contributed by atoms with van der Waals surface area (Å²) in [6.07, 6.45) is 0.967. The number of carbonyl (C=O) groups excluding carboxylic acids is 1. The minimum absolute atomic E-state index is 0.118. The van der Waals surface area contributed by atoms with E-state index in [0.29, 0.717) is 5.56 Å². The largest absolute Gasteiger partial charge is 0.543 e. The van der Waals surface area contributed by atoms with Gasteiger partial charge in [0.2, 0.25) is 8.32 Å². The van der Waals surface area contributed by atoms with Crippen molar-refractivity contribution in [3.63, 3.8) is 0 Å². The normalized spacial score (nSPS) is 13.0. The van der Waals surface area contributed by atoms with Gasteiger partial charge in [-0.15, -0.1) is 0 Å². The molecule has 0 saturated carbocycles. The van der Waals surface area contributed by atoms with Crippen LogP contribution in [0.25, 0.3) is 43.6 Å². The van der Waals surface area contributed by atoms with Crippen molar-refractivity contribution in [2.45, 2.75) is 38.9 Å². The zero-order chi connectivity index (χ0) is 21.3. The highest BCUT2D eigenvalue weighted by atomic mass is 28.4. The minimum atomic E-state index is -1.95. The fourth-order valence-corrected chi connectivity index (χ4v) is 5.04.